The number of aryl methyl sites for hydroxylation is 2. The summed E-state index contributed by atoms with van der Waals surface area (Å²) in [7, 11) is 0. The van der Waals surface area contributed by atoms with Gasteiger partial charge in [-0.25, -0.2) is 8.78 Å². The van der Waals surface area contributed by atoms with E-state index < -0.39 is 28.9 Å². The minimum absolute atomic E-state index is 0.0549. The van der Waals surface area contributed by atoms with Crippen LogP contribution in [0.15, 0.2) is 30.3 Å². The van der Waals surface area contributed by atoms with Crippen molar-refractivity contribution in [1.82, 2.24) is 0 Å². The second-order valence-electron chi connectivity index (χ2n) is 6.60. The molecule has 26 heavy (non-hydrogen) atoms. The predicted molar refractivity (Wildman–Crippen MR) is 98.3 cm³/mol. The quantitative estimate of drug-likeness (QED) is 0.746. The van der Waals surface area contributed by atoms with E-state index in [1.54, 1.807) is 13.0 Å². The Balaban J connectivity index is 2.18. The van der Waals surface area contributed by atoms with Crippen molar-refractivity contribution in [2.24, 2.45) is 5.41 Å². The summed E-state index contributed by atoms with van der Waals surface area (Å²) in [6.45, 7) is 6.52. The summed E-state index contributed by atoms with van der Waals surface area (Å²) in [5.74, 6) is -3.36. The summed E-state index contributed by atoms with van der Waals surface area (Å²) >= 11 is 6.18. The summed E-state index contributed by atoms with van der Waals surface area (Å²) in [6, 6.07) is 6.52. The number of hydrogen-bond acceptors (Lipinski definition) is 2. The van der Waals surface area contributed by atoms with Crippen LogP contribution in [-0.2, 0) is 9.59 Å². The molecule has 0 aliphatic heterocycles. The van der Waals surface area contributed by atoms with Crippen molar-refractivity contribution >= 4 is 34.8 Å². The molecule has 2 amide bonds. The number of anilines is 2. The van der Waals surface area contributed by atoms with Crippen molar-refractivity contribution in [2.75, 3.05) is 10.6 Å². The van der Waals surface area contributed by atoms with E-state index >= 15 is 0 Å². The van der Waals surface area contributed by atoms with E-state index in [2.05, 4.69) is 10.6 Å². The molecule has 2 aromatic rings. The molecule has 0 saturated heterocycles. The molecule has 0 atom stereocenters. The average Bonchev–Trinajstić information content (AvgIpc) is 2.53. The predicted octanol–water partition coefficient (Wildman–Crippen LogP) is 4.84. The van der Waals surface area contributed by atoms with Crippen LogP contribution < -0.4 is 10.6 Å². The van der Waals surface area contributed by atoms with Crippen molar-refractivity contribution in [1.29, 1.82) is 0 Å². The first-order chi connectivity index (χ1) is 12.0. The van der Waals surface area contributed by atoms with Crippen LogP contribution in [-0.4, -0.2) is 11.8 Å². The van der Waals surface area contributed by atoms with Gasteiger partial charge in [-0.3, -0.25) is 9.59 Å². The summed E-state index contributed by atoms with van der Waals surface area (Å²) in [5, 5.41) is 5.45. The fraction of sp³-hybridized carbons (Fsp3) is 0.263. The third kappa shape index (κ3) is 4.19. The number of benzene rings is 2. The topological polar surface area (TPSA) is 58.2 Å². The van der Waals surface area contributed by atoms with E-state index in [4.69, 9.17) is 11.6 Å². The number of rotatable bonds is 4. The van der Waals surface area contributed by atoms with Gasteiger partial charge >= 0.3 is 0 Å². The van der Waals surface area contributed by atoms with Crippen LogP contribution in [0.25, 0.3) is 0 Å². The van der Waals surface area contributed by atoms with Crippen LogP contribution in [0.4, 0.5) is 20.2 Å². The van der Waals surface area contributed by atoms with Gasteiger partial charge in [-0.15, -0.1) is 0 Å². The Labute approximate surface area is 155 Å². The van der Waals surface area contributed by atoms with E-state index in [9.17, 15) is 18.4 Å². The Morgan fingerprint density at radius 3 is 2.15 bits per heavy atom. The molecule has 2 rings (SSSR count). The minimum atomic E-state index is -1.48. The molecule has 0 aliphatic carbocycles. The van der Waals surface area contributed by atoms with Gasteiger partial charge in [-0.1, -0.05) is 17.7 Å². The van der Waals surface area contributed by atoms with Crippen molar-refractivity contribution in [3.63, 3.8) is 0 Å². The lowest BCUT2D eigenvalue weighted by molar-refractivity contribution is -0.135. The van der Waals surface area contributed by atoms with Crippen LogP contribution >= 0.6 is 11.6 Å². The highest BCUT2D eigenvalue weighted by Gasteiger charge is 2.36. The molecule has 138 valence electrons. The second kappa shape index (κ2) is 7.41. The molecule has 0 aromatic heterocycles. The third-order valence-electron chi connectivity index (χ3n) is 3.98. The first-order valence-corrected chi connectivity index (χ1v) is 8.25. The number of carbonyl (C=O) groups is 2. The molecule has 0 aliphatic rings. The fourth-order valence-corrected chi connectivity index (χ4v) is 2.68. The Kier molecular flexibility index (Phi) is 5.66. The summed E-state index contributed by atoms with van der Waals surface area (Å²) in [6.07, 6.45) is 0. The van der Waals surface area contributed by atoms with Crippen molar-refractivity contribution in [2.45, 2.75) is 27.7 Å². The van der Waals surface area contributed by atoms with E-state index in [1.165, 1.54) is 19.9 Å². The van der Waals surface area contributed by atoms with Gasteiger partial charge in [0.15, 0.2) is 11.6 Å². The maximum atomic E-state index is 13.3. The zero-order valence-corrected chi connectivity index (χ0v) is 15.6. The highest BCUT2D eigenvalue weighted by molar-refractivity contribution is 6.34. The number of nitrogens with one attached hydrogen (secondary N) is 2. The monoisotopic (exact) mass is 380 g/mol. The molecule has 2 aromatic carbocycles. The molecule has 2 N–H and O–H groups in total. The first-order valence-electron chi connectivity index (χ1n) is 7.87. The fourth-order valence-electron chi connectivity index (χ4n) is 2.31. The number of hydrogen-bond donors (Lipinski definition) is 2. The van der Waals surface area contributed by atoms with Gasteiger partial charge in [0.1, 0.15) is 5.41 Å². The van der Waals surface area contributed by atoms with E-state index in [0.29, 0.717) is 10.7 Å². The molecule has 0 unspecified atom stereocenters. The molecule has 7 heteroatoms. The normalized spacial score (nSPS) is 11.2. The van der Waals surface area contributed by atoms with Crippen molar-refractivity contribution in [3.8, 4) is 0 Å². The van der Waals surface area contributed by atoms with Gasteiger partial charge in [0.2, 0.25) is 11.8 Å². The van der Waals surface area contributed by atoms with Gasteiger partial charge in [0.05, 0.1) is 10.7 Å². The first kappa shape index (κ1) is 19.8. The van der Waals surface area contributed by atoms with E-state index in [-0.39, 0.29) is 5.69 Å². The summed E-state index contributed by atoms with van der Waals surface area (Å²) in [4.78, 5) is 25.1. The van der Waals surface area contributed by atoms with Gasteiger partial charge in [-0.2, -0.15) is 0 Å². The Morgan fingerprint density at radius 1 is 0.962 bits per heavy atom. The van der Waals surface area contributed by atoms with Gasteiger partial charge in [-0.05, 0) is 57.0 Å². The lowest BCUT2D eigenvalue weighted by Crippen LogP contribution is -2.41. The van der Waals surface area contributed by atoms with Crippen LogP contribution in [0.2, 0.25) is 5.02 Å². The second-order valence-corrected chi connectivity index (χ2v) is 7.01. The number of carbonyl (C=O) groups excluding carboxylic acids is 2. The maximum Gasteiger partial charge on any atom is 0.239 e. The maximum absolute atomic E-state index is 13.3. The largest absolute Gasteiger partial charge is 0.325 e. The SMILES string of the molecule is Cc1cc(C)c(NC(=O)C(C)(C)C(=O)Nc2ccc(F)c(F)c2)c(Cl)c1. The Bertz CT molecular complexity index is 859. The van der Waals surface area contributed by atoms with Gasteiger partial charge < -0.3 is 10.6 Å². The Morgan fingerprint density at radius 2 is 1.58 bits per heavy atom. The van der Waals surface area contributed by atoms with E-state index in [1.807, 2.05) is 13.0 Å². The van der Waals surface area contributed by atoms with Crippen molar-refractivity contribution in [3.05, 3.63) is 58.1 Å². The summed E-state index contributed by atoms with van der Waals surface area (Å²) in [5.41, 5.74) is 0.710. The number of halogens is 3. The zero-order chi connectivity index (χ0) is 19.6. The molecule has 0 saturated carbocycles. The smallest absolute Gasteiger partial charge is 0.239 e. The number of amides is 2. The van der Waals surface area contributed by atoms with Crippen LogP contribution in [0, 0.1) is 30.9 Å². The van der Waals surface area contributed by atoms with Gasteiger partial charge in [0, 0.05) is 11.8 Å². The molecule has 0 spiro atoms. The van der Waals surface area contributed by atoms with Gasteiger partial charge in [0.25, 0.3) is 0 Å². The lowest BCUT2D eigenvalue weighted by atomic mass is 9.90. The third-order valence-corrected chi connectivity index (χ3v) is 4.28. The van der Waals surface area contributed by atoms with E-state index in [0.717, 1.165) is 23.3 Å². The lowest BCUT2D eigenvalue weighted by Gasteiger charge is -2.24. The molecule has 0 fully saturated rings. The molecular weight excluding hydrogens is 362 g/mol. The zero-order valence-electron chi connectivity index (χ0n) is 14.8. The molecule has 0 radical (unpaired) electrons. The molecule has 0 bridgehead atoms. The van der Waals surface area contributed by atoms with Crippen LogP contribution in [0.5, 0.6) is 0 Å². The average molecular weight is 381 g/mol. The standard InChI is InChI=1S/C19H19ClF2N2O2/c1-10-7-11(2)16(13(20)8-10)24-18(26)19(3,4)17(25)23-12-5-6-14(21)15(22)9-12/h5-9H,1-4H3,(H,23,25)(H,24,26). The molecule has 0 heterocycles. The Hall–Kier alpha value is -2.47. The highest BCUT2D eigenvalue weighted by atomic mass is 35.5. The van der Waals surface area contributed by atoms with Crippen molar-refractivity contribution < 1.29 is 18.4 Å². The summed E-state index contributed by atoms with van der Waals surface area (Å²) < 4.78 is 26.3. The highest BCUT2D eigenvalue weighted by Crippen LogP contribution is 2.30. The molecule has 4 nitrogen and oxygen atoms in total. The van der Waals surface area contributed by atoms with Crippen LogP contribution in [0.1, 0.15) is 25.0 Å². The minimum Gasteiger partial charge on any atom is -0.325 e. The molecular formula is C19H19ClF2N2O2. The van der Waals surface area contributed by atoms with Crippen LogP contribution in [0.3, 0.4) is 0 Å².